The lowest BCUT2D eigenvalue weighted by Crippen LogP contribution is -2.37. The molecule has 112 valence electrons. The van der Waals surface area contributed by atoms with E-state index < -0.39 is 6.10 Å². The van der Waals surface area contributed by atoms with Crippen molar-refractivity contribution in [3.05, 3.63) is 29.6 Å². The van der Waals surface area contributed by atoms with Gasteiger partial charge in [-0.05, 0) is 38.6 Å². The molecule has 0 aromatic heterocycles. The number of hydrogen-bond acceptors (Lipinski definition) is 3. The number of halogens is 1. The average molecular weight is 280 g/mol. The Hall–Kier alpha value is -1.13. The first-order chi connectivity index (χ1) is 9.58. The van der Waals surface area contributed by atoms with Gasteiger partial charge in [0.1, 0.15) is 5.82 Å². The smallest absolute Gasteiger partial charge is 0.131 e. The van der Waals surface area contributed by atoms with E-state index in [1.54, 1.807) is 13.0 Å². The van der Waals surface area contributed by atoms with Crippen LogP contribution in [0, 0.1) is 5.82 Å². The first-order valence-corrected chi connectivity index (χ1v) is 7.53. The highest BCUT2D eigenvalue weighted by molar-refractivity contribution is 5.56. The molecule has 0 saturated carbocycles. The predicted molar refractivity (Wildman–Crippen MR) is 80.6 cm³/mol. The lowest BCUT2D eigenvalue weighted by atomic mass is 10.1. The first kappa shape index (κ1) is 15.3. The number of hydrogen-bond donors (Lipinski definition) is 1. The van der Waals surface area contributed by atoms with Crippen LogP contribution in [-0.2, 0) is 0 Å². The molecule has 0 spiro atoms. The van der Waals surface area contributed by atoms with Crippen LogP contribution >= 0.6 is 0 Å². The molecule has 4 heteroatoms. The Kier molecular flexibility index (Phi) is 5.00. The summed E-state index contributed by atoms with van der Waals surface area (Å²) in [5.41, 5.74) is 1.27. The van der Waals surface area contributed by atoms with Crippen molar-refractivity contribution >= 4 is 5.69 Å². The van der Waals surface area contributed by atoms with E-state index in [1.807, 2.05) is 6.07 Å². The maximum Gasteiger partial charge on any atom is 0.131 e. The molecule has 0 bridgehead atoms. The monoisotopic (exact) mass is 280 g/mol. The van der Waals surface area contributed by atoms with Gasteiger partial charge in [0, 0.05) is 30.4 Å². The predicted octanol–water partition coefficient (Wildman–Crippen LogP) is 2.80. The lowest BCUT2D eigenvalue weighted by Gasteiger charge is -2.28. The van der Waals surface area contributed by atoms with Gasteiger partial charge >= 0.3 is 0 Å². The van der Waals surface area contributed by atoms with Crippen molar-refractivity contribution in [1.82, 2.24) is 4.90 Å². The van der Waals surface area contributed by atoms with E-state index in [4.69, 9.17) is 0 Å². The van der Waals surface area contributed by atoms with Gasteiger partial charge in [-0.1, -0.05) is 19.9 Å². The lowest BCUT2D eigenvalue weighted by molar-refractivity contribution is 0.194. The van der Waals surface area contributed by atoms with Crippen LogP contribution in [0.2, 0.25) is 0 Å². The van der Waals surface area contributed by atoms with Crippen molar-refractivity contribution < 1.29 is 9.50 Å². The summed E-state index contributed by atoms with van der Waals surface area (Å²) >= 11 is 0. The Morgan fingerprint density at radius 1 is 1.40 bits per heavy atom. The van der Waals surface area contributed by atoms with E-state index >= 15 is 0 Å². The van der Waals surface area contributed by atoms with Crippen LogP contribution in [0.1, 0.15) is 38.9 Å². The minimum absolute atomic E-state index is 0.316. The third kappa shape index (κ3) is 2.96. The Balaban J connectivity index is 2.20. The molecule has 1 saturated heterocycles. The second-order valence-electron chi connectivity index (χ2n) is 5.46. The summed E-state index contributed by atoms with van der Waals surface area (Å²) < 4.78 is 13.9. The van der Waals surface area contributed by atoms with E-state index in [1.165, 1.54) is 6.07 Å². The zero-order chi connectivity index (χ0) is 14.7. The molecule has 3 nitrogen and oxygen atoms in total. The molecule has 2 atom stereocenters. The van der Waals surface area contributed by atoms with Crippen LogP contribution in [-0.4, -0.2) is 42.2 Å². The molecular weight excluding hydrogens is 255 g/mol. The SMILES string of the molecule is CCN(CC)C1CCN(c2cccc(F)c2C(C)O)C1. The fourth-order valence-electron chi connectivity index (χ4n) is 3.21. The third-order valence-corrected chi connectivity index (χ3v) is 4.28. The molecule has 1 aliphatic rings. The van der Waals surface area contributed by atoms with Gasteiger partial charge in [-0.3, -0.25) is 4.90 Å². The van der Waals surface area contributed by atoms with E-state index in [0.29, 0.717) is 11.6 Å². The first-order valence-electron chi connectivity index (χ1n) is 7.53. The number of anilines is 1. The third-order valence-electron chi connectivity index (χ3n) is 4.28. The van der Waals surface area contributed by atoms with Crippen LogP contribution in [0.5, 0.6) is 0 Å². The summed E-state index contributed by atoms with van der Waals surface area (Å²) in [6.07, 6.45) is 0.316. The highest BCUT2D eigenvalue weighted by atomic mass is 19.1. The molecule has 2 rings (SSSR count). The topological polar surface area (TPSA) is 26.7 Å². The van der Waals surface area contributed by atoms with Crippen molar-refractivity contribution in [3.63, 3.8) is 0 Å². The number of aliphatic hydroxyl groups excluding tert-OH is 1. The molecule has 0 radical (unpaired) electrons. The molecule has 0 amide bonds. The molecule has 1 N–H and O–H groups in total. The maximum absolute atomic E-state index is 13.9. The van der Waals surface area contributed by atoms with Crippen molar-refractivity contribution in [1.29, 1.82) is 0 Å². The van der Waals surface area contributed by atoms with Gasteiger partial charge in [-0.25, -0.2) is 4.39 Å². The van der Waals surface area contributed by atoms with Crippen molar-refractivity contribution in [3.8, 4) is 0 Å². The average Bonchev–Trinajstić information content (AvgIpc) is 2.89. The van der Waals surface area contributed by atoms with Gasteiger partial charge in [0.25, 0.3) is 0 Å². The quantitative estimate of drug-likeness (QED) is 0.898. The molecule has 1 fully saturated rings. The number of likely N-dealkylation sites (N-methyl/N-ethyl adjacent to an activating group) is 1. The van der Waals surface area contributed by atoms with E-state index in [2.05, 4.69) is 23.6 Å². The Morgan fingerprint density at radius 3 is 2.70 bits per heavy atom. The summed E-state index contributed by atoms with van der Waals surface area (Å²) in [5.74, 6) is -0.316. The molecule has 2 unspecified atom stereocenters. The van der Waals surface area contributed by atoms with E-state index in [9.17, 15) is 9.50 Å². The summed E-state index contributed by atoms with van der Waals surface area (Å²) in [7, 11) is 0. The molecule has 1 aromatic rings. The number of aliphatic hydroxyl groups is 1. The zero-order valence-corrected chi connectivity index (χ0v) is 12.6. The van der Waals surface area contributed by atoms with Crippen LogP contribution in [0.25, 0.3) is 0 Å². The standard InChI is InChI=1S/C16H25FN2O/c1-4-18(5-2)13-9-10-19(11-13)15-8-6-7-14(17)16(15)12(3)20/h6-8,12-13,20H,4-5,9-11H2,1-3H3. The minimum Gasteiger partial charge on any atom is -0.389 e. The van der Waals surface area contributed by atoms with Crippen molar-refractivity contribution in [2.75, 3.05) is 31.1 Å². The van der Waals surface area contributed by atoms with E-state index in [0.717, 1.165) is 38.3 Å². The Morgan fingerprint density at radius 2 is 2.10 bits per heavy atom. The molecule has 1 aliphatic heterocycles. The Labute approximate surface area is 121 Å². The highest BCUT2D eigenvalue weighted by Gasteiger charge is 2.28. The maximum atomic E-state index is 13.9. The van der Waals surface area contributed by atoms with Crippen molar-refractivity contribution in [2.24, 2.45) is 0 Å². The van der Waals surface area contributed by atoms with Crippen LogP contribution in [0.4, 0.5) is 10.1 Å². The molecule has 20 heavy (non-hydrogen) atoms. The van der Waals surface area contributed by atoms with Crippen LogP contribution in [0.3, 0.4) is 0 Å². The normalized spacial score (nSPS) is 20.7. The van der Waals surface area contributed by atoms with Gasteiger partial charge in [-0.15, -0.1) is 0 Å². The summed E-state index contributed by atoms with van der Waals surface area (Å²) in [6.45, 7) is 9.89. The molecule has 1 aromatic carbocycles. The van der Waals surface area contributed by atoms with E-state index in [-0.39, 0.29) is 5.82 Å². The fourth-order valence-corrected chi connectivity index (χ4v) is 3.21. The molecule has 1 heterocycles. The second kappa shape index (κ2) is 6.55. The highest BCUT2D eigenvalue weighted by Crippen LogP contribution is 2.32. The zero-order valence-electron chi connectivity index (χ0n) is 12.6. The fraction of sp³-hybridized carbons (Fsp3) is 0.625. The summed E-state index contributed by atoms with van der Waals surface area (Å²) in [5, 5.41) is 9.84. The second-order valence-corrected chi connectivity index (χ2v) is 5.46. The van der Waals surface area contributed by atoms with Gasteiger partial charge in [-0.2, -0.15) is 0 Å². The molecular formula is C16H25FN2O. The summed E-state index contributed by atoms with van der Waals surface area (Å²) in [6, 6.07) is 5.58. The van der Waals surface area contributed by atoms with Gasteiger partial charge in [0.15, 0.2) is 0 Å². The van der Waals surface area contributed by atoms with Crippen LogP contribution < -0.4 is 4.90 Å². The molecule has 0 aliphatic carbocycles. The van der Waals surface area contributed by atoms with Crippen LogP contribution in [0.15, 0.2) is 18.2 Å². The summed E-state index contributed by atoms with van der Waals surface area (Å²) in [4.78, 5) is 4.65. The van der Waals surface area contributed by atoms with Gasteiger partial charge < -0.3 is 10.0 Å². The minimum atomic E-state index is -0.779. The largest absolute Gasteiger partial charge is 0.389 e. The number of rotatable bonds is 5. The Bertz CT molecular complexity index is 446. The number of nitrogens with zero attached hydrogens (tertiary/aromatic N) is 2. The van der Waals surface area contributed by atoms with Crippen molar-refractivity contribution in [2.45, 2.75) is 39.3 Å². The van der Waals surface area contributed by atoms with Gasteiger partial charge in [0.2, 0.25) is 0 Å². The number of benzene rings is 1. The van der Waals surface area contributed by atoms with Gasteiger partial charge in [0.05, 0.1) is 6.10 Å².